The minimum atomic E-state index is -0.690. The van der Waals surface area contributed by atoms with E-state index in [-0.39, 0.29) is 11.8 Å². The summed E-state index contributed by atoms with van der Waals surface area (Å²) in [6, 6.07) is 14.2. The number of aliphatic carboxylic acids is 1. The number of benzene rings is 2. The van der Waals surface area contributed by atoms with Crippen LogP contribution < -0.4 is 4.74 Å². The van der Waals surface area contributed by atoms with Crippen molar-refractivity contribution in [2.45, 2.75) is 6.92 Å². The van der Waals surface area contributed by atoms with Crippen LogP contribution in [0.5, 0.6) is 5.75 Å². The van der Waals surface area contributed by atoms with Gasteiger partial charge in [0.2, 0.25) is 0 Å². The largest absolute Gasteiger partial charge is 0.492 e. The summed E-state index contributed by atoms with van der Waals surface area (Å²) in [5, 5.41) is 11.4. The summed E-state index contributed by atoms with van der Waals surface area (Å²) in [4.78, 5) is 13.3. The van der Waals surface area contributed by atoms with E-state index < -0.39 is 5.97 Å². The third-order valence-electron chi connectivity index (χ3n) is 4.42. The Bertz CT molecular complexity index is 665. The molecule has 2 aromatic carbocycles. The Kier molecular flexibility index (Phi) is 4.29. The molecule has 0 bridgehead atoms. The van der Waals surface area contributed by atoms with Crippen LogP contribution in [-0.4, -0.2) is 42.2 Å². The molecule has 2 aromatic rings. The second-order valence-electron chi connectivity index (χ2n) is 6.01. The van der Waals surface area contributed by atoms with Gasteiger partial charge in [-0.1, -0.05) is 43.3 Å². The van der Waals surface area contributed by atoms with Crippen molar-refractivity contribution in [1.29, 1.82) is 0 Å². The summed E-state index contributed by atoms with van der Waals surface area (Å²) >= 11 is 0. The third kappa shape index (κ3) is 3.07. The molecule has 116 valence electrons. The Morgan fingerprint density at radius 1 is 1.23 bits per heavy atom. The first kappa shape index (κ1) is 14.9. The lowest BCUT2D eigenvalue weighted by Gasteiger charge is -2.16. The Hall–Kier alpha value is -2.07. The first-order chi connectivity index (χ1) is 10.6. The molecule has 2 atom stereocenters. The second-order valence-corrected chi connectivity index (χ2v) is 6.01. The second kappa shape index (κ2) is 6.36. The van der Waals surface area contributed by atoms with Gasteiger partial charge < -0.3 is 9.84 Å². The molecule has 0 saturated carbocycles. The monoisotopic (exact) mass is 299 g/mol. The number of hydrogen-bond acceptors (Lipinski definition) is 3. The first-order valence-corrected chi connectivity index (χ1v) is 7.71. The molecule has 1 saturated heterocycles. The van der Waals surface area contributed by atoms with Crippen LogP contribution in [0.2, 0.25) is 0 Å². The summed E-state index contributed by atoms with van der Waals surface area (Å²) in [6.45, 7) is 4.79. The Morgan fingerprint density at radius 3 is 2.77 bits per heavy atom. The Balaban J connectivity index is 1.58. The number of likely N-dealkylation sites (tertiary alicyclic amines) is 1. The van der Waals surface area contributed by atoms with Crippen LogP contribution in [0.25, 0.3) is 10.8 Å². The summed E-state index contributed by atoms with van der Waals surface area (Å²) in [7, 11) is 0. The van der Waals surface area contributed by atoms with Gasteiger partial charge in [0.1, 0.15) is 12.4 Å². The number of carboxylic acid groups (broad SMARTS) is 1. The molecule has 0 radical (unpaired) electrons. The predicted molar refractivity (Wildman–Crippen MR) is 86.2 cm³/mol. The first-order valence-electron chi connectivity index (χ1n) is 7.71. The standard InChI is InChI=1S/C18H21NO3/c1-13-11-19(12-16(13)18(20)21)9-10-22-17-8-4-6-14-5-2-3-7-15(14)17/h2-8,13,16H,9-12H2,1H3,(H,20,21)/t13-,16-/m1/s1. The van der Waals surface area contributed by atoms with E-state index in [0.29, 0.717) is 13.2 Å². The van der Waals surface area contributed by atoms with Gasteiger partial charge in [0.15, 0.2) is 0 Å². The molecular weight excluding hydrogens is 278 g/mol. The van der Waals surface area contributed by atoms with Crippen molar-refractivity contribution < 1.29 is 14.6 Å². The molecule has 0 aromatic heterocycles. The van der Waals surface area contributed by atoms with Crippen LogP contribution in [0.15, 0.2) is 42.5 Å². The minimum absolute atomic E-state index is 0.204. The van der Waals surface area contributed by atoms with E-state index in [1.165, 1.54) is 5.39 Å². The highest BCUT2D eigenvalue weighted by atomic mass is 16.5. The highest BCUT2D eigenvalue weighted by Gasteiger charge is 2.34. The quantitative estimate of drug-likeness (QED) is 0.922. The molecule has 0 amide bonds. The van der Waals surface area contributed by atoms with E-state index in [9.17, 15) is 4.79 Å². The maximum absolute atomic E-state index is 11.1. The molecule has 3 rings (SSSR count). The lowest BCUT2D eigenvalue weighted by Crippen LogP contribution is -2.27. The average Bonchev–Trinajstić information content (AvgIpc) is 2.89. The van der Waals surface area contributed by atoms with Gasteiger partial charge in [-0.2, -0.15) is 0 Å². The van der Waals surface area contributed by atoms with Crippen LogP contribution in [0.1, 0.15) is 6.92 Å². The van der Waals surface area contributed by atoms with Crippen LogP contribution in [0.3, 0.4) is 0 Å². The summed E-state index contributed by atoms with van der Waals surface area (Å²) in [6.07, 6.45) is 0. The van der Waals surface area contributed by atoms with Crippen LogP contribution in [-0.2, 0) is 4.79 Å². The van der Waals surface area contributed by atoms with Crippen molar-refractivity contribution in [3.05, 3.63) is 42.5 Å². The van der Waals surface area contributed by atoms with E-state index in [2.05, 4.69) is 23.1 Å². The number of ether oxygens (including phenoxy) is 1. The predicted octanol–water partition coefficient (Wildman–Crippen LogP) is 2.87. The zero-order valence-electron chi connectivity index (χ0n) is 12.7. The fraction of sp³-hybridized carbons (Fsp3) is 0.389. The number of hydrogen-bond donors (Lipinski definition) is 1. The van der Waals surface area contributed by atoms with Crippen molar-refractivity contribution in [1.82, 2.24) is 4.90 Å². The van der Waals surface area contributed by atoms with E-state index >= 15 is 0 Å². The lowest BCUT2D eigenvalue weighted by molar-refractivity contribution is -0.142. The van der Waals surface area contributed by atoms with Gasteiger partial charge in [0.25, 0.3) is 0 Å². The van der Waals surface area contributed by atoms with Crippen LogP contribution in [0, 0.1) is 11.8 Å². The fourth-order valence-electron chi connectivity index (χ4n) is 3.18. The Labute approximate surface area is 130 Å². The van der Waals surface area contributed by atoms with Crippen LogP contribution >= 0.6 is 0 Å². The molecule has 1 aliphatic rings. The smallest absolute Gasteiger partial charge is 0.308 e. The molecule has 1 aliphatic heterocycles. The zero-order chi connectivity index (χ0) is 15.5. The number of carbonyl (C=O) groups is 1. The molecule has 0 aliphatic carbocycles. The van der Waals surface area contributed by atoms with E-state index in [0.717, 1.165) is 24.2 Å². The summed E-state index contributed by atoms with van der Waals surface area (Å²) < 4.78 is 5.92. The number of fused-ring (bicyclic) bond motifs is 1. The van der Waals surface area contributed by atoms with E-state index in [1.807, 2.05) is 31.2 Å². The average molecular weight is 299 g/mol. The molecule has 1 N–H and O–H groups in total. The van der Waals surface area contributed by atoms with Gasteiger partial charge >= 0.3 is 5.97 Å². The molecule has 0 spiro atoms. The van der Waals surface area contributed by atoms with Gasteiger partial charge in [-0.05, 0) is 17.4 Å². The number of carboxylic acids is 1. The topological polar surface area (TPSA) is 49.8 Å². The SMILES string of the molecule is C[C@@H]1CN(CCOc2cccc3ccccc23)C[C@H]1C(=O)O. The molecule has 22 heavy (non-hydrogen) atoms. The van der Waals surface area contributed by atoms with Crippen molar-refractivity contribution >= 4 is 16.7 Å². The highest BCUT2D eigenvalue weighted by molar-refractivity contribution is 5.88. The van der Waals surface area contributed by atoms with Gasteiger partial charge in [-0.25, -0.2) is 0 Å². The molecule has 4 nitrogen and oxygen atoms in total. The zero-order valence-corrected chi connectivity index (χ0v) is 12.7. The molecule has 1 heterocycles. The molecular formula is C18H21NO3. The minimum Gasteiger partial charge on any atom is -0.492 e. The van der Waals surface area contributed by atoms with E-state index in [1.54, 1.807) is 0 Å². The molecule has 1 fully saturated rings. The van der Waals surface area contributed by atoms with Crippen molar-refractivity contribution in [3.8, 4) is 5.75 Å². The number of rotatable bonds is 5. The Morgan fingerprint density at radius 2 is 2.00 bits per heavy atom. The normalized spacial score (nSPS) is 22.0. The van der Waals surface area contributed by atoms with Gasteiger partial charge in [0.05, 0.1) is 5.92 Å². The highest BCUT2D eigenvalue weighted by Crippen LogP contribution is 2.26. The number of nitrogens with zero attached hydrogens (tertiary/aromatic N) is 1. The van der Waals surface area contributed by atoms with Gasteiger partial charge in [-0.3, -0.25) is 9.69 Å². The van der Waals surface area contributed by atoms with Gasteiger partial charge in [-0.15, -0.1) is 0 Å². The van der Waals surface area contributed by atoms with Crippen molar-refractivity contribution in [3.63, 3.8) is 0 Å². The fourth-order valence-corrected chi connectivity index (χ4v) is 3.18. The van der Waals surface area contributed by atoms with Crippen molar-refractivity contribution in [2.24, 2.45) is 11.8 Å². The summed E-state index contributed by atoms with van der Waals surface area (Å²) in [5.41, 5.74) is 0. The maximum atomic E-state index is 11.1. The maximum Gasteiger partial charge on any atom is 0.308 e. The molecule has 0 unspecified atom stereocenters. The van der Waals surface area contributed by atoms with E-state index in [4.69, 9.17) is 9.84 Å². The van der Waals surface area contributed by atoms with Crippen LogP contribution in [0.4, 0.5) is 0 Å². The van der Waals surface area contributed by atoms with Gasteiger partial charge in [0, 0.05) is 25.0 Å². The third-order valence-corrected chi connectivity index (χ3v) is 4.42. The lowest BCUT2D eigenvalue weighted by atomic mass is 9.99. The van der Waals surface area contributed by atoms with Crippen molar-refractivity contribution in [2.75, 3.05) is 26.2 Å². The summed E-state index contributed by atoms with van der Waals surface area (Å²) in [5.74, 6) is 0.151. The molecule has 4 heteroatoms.